The van der Waals surface area contributed by atoms with Crippen LogP contribution in [0.15, 0.2) is 58.7 Å². The minimum Gasteiger partial charge on any atom is -0.154 e. The molecule has 2 aliphatic rings. The quantitative estimate of drug-likeness (QED) is 0.690. The highest BCUT2D eigenvalue weighted by Crippen LogP contribution is 2.62. The Morgan fingerprint density at radius 2 is 1.04 bits per heavy atom. The standard InChI is InChI=1S/C19H16Cl2N2/c1-19(2)15-16(19)18(12-5-9-14(21)10-6-12)23-22-17(15)11-3-7-13(20)8-4-11/h3-10,15-16H,1-2H3/t15-,16+. The van der Waals surface area contributed by atoms with Gasteiger partial charge in [-0.25, -0.2) is 0 Å². The fourth-order valence-electron chi connectivity index (χ4n) is 3.61. The highest BCUT2D eigenvalue weighted by molar-refractivity contribution is 6.31. The number of fused-ring (bicyclic) bond motifs is 1. The zero-order valence-electron chi connectivity index (χ0n) is 12.9. The second kappa shape index (κ2) is 5.19. The number of rotatable bonds is 2. The zero-order valence-corrected chi connectivity index (χ0v) is 14.4. The van der Waals surface area contributed by atoms with Gasteiger partial charge >= 0.3 is 0 Å². The van der Waals surface area contributed by atoms with E-state index in [4.69, 9.17) is 23.2 Å². The first-order valence-corrected chi connectivity index (χ1v) is 8.41. The molecule has 2 aromatic carbocycles. The lowest BCUT2D eigenvalue weighted by Gasteiger charge is -2.12. The van der Waals surface area contributed by atoms with Gasteiger partial charge in [-0.15, -0.1) is 0 Å². The van der Waals surface area contributed by atoms with E-state index in [2.05, 4.69) is 24.1 Å². The van der Waals surface area contributed by atoms with Crippen LogP contribution in [0.25, 0.3) is 0 Å². The summed E-state index contributed by atoms with van der Waals surface area (Å²) in [6, 6.07) is 15.7. The van der Waals surface area contributed by atoms with Crippen LogP contribution in [0.5, 0.6) is 0 Å². The van der Waals surface area contributed by atoms with Crippen molar-refractivity contribution < 1.29 is 0 Å². The average molecular weight is 343 g/mol. The molecule has 23 heavy (non-hydrogen) atoms. The molecule has 0 bridgehead atoms. The van der Waals surface area contributed by atoms with Crippen molar-refractivity contribution in [1.82, 2.24) is 0 Å². The Balaban J connectivity index is 1.77. The molecular formula is C19H16Cl2N2. The Bertz CT molecular complexity index is 748. The van der Waals surface area contributed by atoms with Gasteiger partial charge in [0.05, 0.1) is 11.4 Å². The third-order valence-electron chi connectivity index (χ3n) is 4.96. The van der Waals surface area contributed by atoms with Gasteiger partial charge in [0.1, 0.15) is 0 Å². The van der Waals surface area contributed by atoms with Gasteiger partial charge in [-0.1, -0.05) is 61.3 Å². The molecule has 0 aromatic heterocycles. The summed E-state index contributed by atoms with van der Waals surface area (Å²) < 4.78 is 0. The van der Waals surface area contributed by atoms with Crippen LogP contribution in [0.1, 0.15) is 25.0 Å². The maximum Gasteiger partial charge on any atom is 0.0746 e. The first-order valence-electron chi connectivity index (χ1n) is 7.66. The summed E-state index contributed by atoms with van der Waals surface area (Å²) in [7, 11) is 0. The molecule has 0 amide bonds. The van der Waals surface area contributed by atoms with Crippen LogP contribution in [0.4, 0.5) is 0 Å². The third kappa shape index (κ3) is 2.41. The summed E-state index contributed by atoms with van der Waals surface area (Å²) >= 11 is 12.0. The molecule has 0 radical (unpaired) electrons. The Morgan fingerprint density at radius 1 is 0.696 bits per heavy atom. The first-order chi connectivity index (χ1) is 11.0. The molecule has 1 heterocycles. The molecule has 0 N–H and O–H groups in total. The van der Waals surface area contributed by atoms with Crippen molar-refractivity contribution in [3.05, 3.63) is 69.7 Å². The van der Waals surface area contributed by atoms with Crippen molar-refractivity contribution >= 4 is 34.6 Å². The fraction of sp³-hybridized carbons (Fsp3) is 0.263. The lowest BCUT2D eigenvalue weighted by molar-refractivity contribution is 0.603. The molecule has 0 unspecified atom stereocenters. The van der Waals surface area contributed by atoms with Crippen LogP contribution in [0.3, 0.4) is 0 Å². The highest BCUT2D eigenvalue weighted by Gasteiger charge is 2.64. The summed E-state index contributed by atoms with van der Waals surface area (Å²) in [5.74, 6) is 0.790. The number of halogens is 2. The molecule has 1 fully saturated rings. The SMILES string of the molecule is CC1(C)[C@@H]2C(c3ccc(Cl)cc3)=NN=C(c3ccc(Cl)cc3)[C@@H]21. The normalized spacial score (nSPS) is 24.5. The topological polar surface area (TPSA) is 24.7 Å². The van der Waals surface area contributed by atoms with E-state index in [9.17, 15) is 0 Å². The van der Waals surface area contributed by atoms with Gasteiger partial charge in [-0.05, 0) is 40.8 Å². The van der Waals surface area contributed by atoms with Gasteiger partial charge in [-0.2, -0.15) is 10.2 Å². The lowest BCUT2D eigenvalue weighted by Crippen LogP contribution is -2.15. The molecule has 0 saturated heterocycles. The first kappa shape index (κ1) is 14.9. The predicted octanol–water partition coefficient (Wildman–Crippen LogP) is 5.47. The monoisotopic (exact) mass is 342 g/mol. The fourth-order valence-corrected chi connectivity index (χ4v) is 3.86. The summed E-state index contributed by atoms with van der Waals surface area (Å²) in [6.07, 6.45) is 0. The number of hydrogen-bond donors (Lipinski definition) is 0. The highest BCUT2D eigenvalue weighted by atomic mass is 35.5. The molecule has 4 rings (SSSR count). The Hall–Kier alpha value is -1.64. The van der Waals surface area contributed by atoms with Crippen molar-refractivity contribution in [2.45, 2.75) is 13.8 Å². The van der Waals surface area contributed by atoms with Crippen LogP contribution in [-0.2, 0) is 0 Å². The molecule has 116 valence electrons. The number of benzene rings is 2. The molecule has 1 saturated carbocycles. The summed E-state index contributed by atoms with van der Waals surface area (Å²) in [5.41, 5.74) is 4.50. The van der Waals surface area contributed by atoms with Crippen molar-refractivity contribution in [3.8, 4) is 0 Å². The lowest BCUT2D eigenvalue weighted by atomic mass is 9.99. The van der Waals surface area contributed by atoms with Crippen LogP contribution in [0.2, 0.25) is 10.0 Å². The van der Waals surface area contributed by atoms with Crippen LogP contribution in [-0.4, -0.2) is 11.4 Å². The molecule has 1 aliphatic carbocycles. The molecule has 2 atom stereocenters. The van der Waals surface area contributed by atoms with E-state index in [0.29, 0.717) is 11.8 Å². The third-order valence-corrected chi connectivity index (χ3v) is 5.47. The van der Waals surface area contributed by atoms with E-state index in [1.54, 1.807) is 0 Å². The van der Waals surface area contributed by atoms with E-state index in [0.717, 1.165) is 32.6 Å². The zero-order chi connectivity index (χ0) is 16.2. The van der Waals surface area contributed by atoms with Crippen molar-refractivity contribution in [3.63, 3.8) is 0 Å². The Morgan fingerprint density at radius 3 is 1.39 bits per heavy atom. The van der Waals surface area contributed by atoms with Gasteiger partial charge < -0.3 is 0 Å². The second-order valence-corrected chi connectivity index (χ2v) is 7.63. The number of nitrogens with zero attached hydrogens (tertiary/aromatic N) is 2. The smallest absolute Gasteiger partial charge is 0.0746 e. The maximum absolute atomic E-state index is 5.99. The minimum atomic E-state index is 0.160. The van der Waals surface area contributed by atoms with E-state index in [1.807, 2.05) is 48.5 Å². The maximum atomic E-state index is 5.99. The molecule has 2 nitrogen and oxygen atoms in total. The van der Waals surface area contributed by atoms with Crippen LogP contribution >= 0.6 is 23.2 Å². The van der Waals surface area contributed by atoms with Crippen LogP contribution < -0.4 is 0 Å². The Labute approximate surface area is 145 Å². The predicted molar refractivity (Wildman–Crippen MR) is 96.7 cm³/mol. The average Bonchev–Trinajstić information content (AvgIpc) is 3.12. The van der Waals surface area contributed by atoms with Gasteiger partial charge in [0, 0.05) is 21.9 Å². The van der Waals surface area contributed by atoms with E-state index < -0.39 is 0 Å². The second-order valence-electron chi connectivity index (χ2n) is 6.76. The van der Waals surface area contributed by atoms with Crippen molar-refractivity contribution in [1.29, 1.82) is 0 Å². The van der Waals surface area contributed by atoms with E-state index in [1.165, 1.54) is 0 Å². The summed E-state index contributed by atoms with van der Waals surface area (Å²) in [5, 5.41) is 10.6. The molecule has 1 aliphatic heterocycles. The number of hydrogen-bond acceptors (Lipinski definition) is 2. The Kier molecular flexibility index (Phi) is 3.36. The van der Waals surface area contributed by atoms with E-state index >= 15 is 0 Å². The summed E-state index contributed by atoms with van der Waals surface area (Å²) in [6.45, 7) is 4.56. The van der Waals surface area contributed by atoms with Crippen molar-refractivity contribution in [2.24, 2.45) is 27.5 Å². The van der Waals surface area contributed by atoms with Crippen LogP contribution in [0, 0.1) is 17.3 Å². The minimum absolute atomic E-state index is 0.160. The molecule has 0 spiro atoms. The van der Waals surface area contributed by atoms with Crippen molar-refractivity contribution in [2.75, 3.05) is 0 Å². The molecule has 2 aromatic rings. The van der Waals surface area contributed by atoms with Gasteiger partial charge in [0.2, 0.25) is 0 Å². The van der Waals surface area contributed by atoms with Gasteiger partial charge in [0.15, 0.2) is 0 Å². The summed E-state index contributed by atoms with van der Waals surface area (Å²) in [4.78, 5) is 0. The largest absolute Gasteiger partial charge is 0.154 e. The van der Waals surface area contributed by atoms with Gasteiger partial charge in [-0.3, -0.25) is 0 Å². The molecule has 4 heteroatoms. The van der Waals surface area contributed by atoms with Gasteiger partial charge in [0.25, 0.3) is 0 Å². The molecular weight excluding hydrogens is 327 g/mol. The van der Waals surface area contributed by atoms with E-state index in [-0.39, 0.29) is 5.41 Å².